The summed E-state index contributed by atoms with van der Waals surface area (Å²) in [5.41, 5.74) is 2.02. The molecule has 0 unspecified atom stereocenters. The van der Waals surface area contributed by atoms with Crippen molar-refractivity contribution in [2.75, 3.05) is 19.6 Å². The average Bonchev–Trinajstić information content (AvgIpc) is 2.50. The molecule has 0 spiro atoms. The third-order valence-electron chi connectivity index (χ3n) is 3.70. The first kappa shape index (κ1) is 18.0. The van der Waals surface area contributed by atoms with Crippen LogP contribution in [-0.2, 0) is 23.2 Å². The van der Waals surface area contributed by atoms with Gasteiger partial charge in [0.05, 0.1) is 0 Å². The Kier molecular flexibility index (Phi) is 5.85. The molecule has 7 nitrogen and oxygen atoms in total. The fourth-order valence-electron chi connectivity index (χ4n) is 2.37. The maximum absolute atomic E-state index is 12.4. The van der Waals surface area contributed by atoms with Crippen LogP contribution < -0.4 is 10.0 Å². The molecule has 0 aromatic heterocycles. The van der Waals surface area contributed by atoms with Crippen molar-refractivity contribution in [1.82, 2.24) is 14.3 Å². The molecular formula is C14H20ClN3O4S. The highest BCUT2D eigenvalue weighted by Crippen LogP contribution is 2.23. The topological polar surface area (TPSA) is 98.7 Å². The van der Waals surface area contributed by atoms with Gasteiger partial charge in [-0.1, -0.05) is 24.6 Å². The molecule has 0 aliphatic carbocycles. The van der Waals surface area contributed by atoms with Crippen LogP contribution in [0.1, 0.15) is 18.1 Å². The molecule has 1 aromatic carbocycles. The summed E-state index contributed by atoms with van der Waals surface area (Å²) in [6.07, 6.45) is -0.501. The number of fused-ring (bicyclic) bond motifs is 1. The molecule has 128 valence electrons. The third kappa shape index (κ3) is 5.07. The molecule has 1 aliphatic rings. The number of hydrogen-bond donors (Lipinski definition) is 3. The van der Waals surface area contributed by atoms with Crippen LogP contribution in [0.25, 0.3) is 0 Å². The van der Waals surface area contributed by atoms with E-state index >= 15 is 0 Å². The van der Waals surface area contributed by atoms with Gasteiger partial charge in [0.2, 0.25) is 0 Å². The molecule has 0 bridgehead atoms. The van der Waals surface area contributed by atoms with Gasteiger partial charge in [0.1, 0.15) is 0 Å². The van der Waals surface area contributed by atoms with Crippen LogP contribution in [0.15, 0.2) is 18.2 Å². The second kappa shape index (κ2) is 7.48. The standard InChI is InChI=1S/C14H20ClN3O4S/c1-10(7-16-14(19)20)8-17-23(21,22)18-5-4-11-6-13(15)3-2-12(11)9-18/h2-3,6,10,16-17H,4-5,7-9H2,1H3,(H,19,20)/t10-/m0/s1. The van der Waals surface area contributed by atoms with Crippen molar-refractivity contribution in [2.45, 2.75) is 19.9 Å². The van der Waals surface area contributed by atoms with Gasteiger partial charge >= 0.3 is 6.09 Å². The number of carboxylic acid groups (broad SMARTS) is 1. The van der Waals surface area contributed by atoms with Crippen LogP contribution in [0.5, 0.6) is 0 Å². The maximum Gasteiger partial charge on any atom is 0.404 e. The number of nitrogens with one attached hydrogen (secondary N) is 2. The number of halogens is 1. The van der Waals surface area contributed by atoms with E-state index in [1.807, 2.05) is 12.1 Å². The number of carbonyl (C=O) groups is 1. The van der Waals surface area contributed by atoms with E-state index in [-0.39, 0.29) is 19.0 Å². The Morgan fingerprint density at radius 3 is 2.83 bits per heavy atom. The van der Waals surface area contributed by atoms with Crippen LogP contribution in [0.2, 0.25) is 5.02 Å². The van der Waals surface area contributed by atoms with Crippen molar-refractivity contribution in [1.29, 1.82) is 0 Å². The summed E-state index contributed by atoms with van der Waals surface area (Å²) in [6.45, 7) is 2.84. The minimum absolute atomic E-state index is 0.142. The Morgan fingerprint density at radius 2 is 2.13 bits per heavy atom. The number of nitrogens with zero attached hydrogens (tertiary/aromatic N) is 1. The summed E-state index contributed by atoms with van der Waals surface area (Å²) in [5, 5.41) is 11.4. The Labute approximate surface area is 140 Å². The van der Waals surface area contributed by atoms with Gasteiger partial charge < -0.3 is 10.4 Å². The Morgan fingerprint density at radius 1 is 1.39 bits per heavy atom. The highest BCUT2D eigenvalue weighted by molar-refractivity contribution is 7.87. The van der Waals surface area contributed by atoms with Gasteiger partial charge in [-0.2, -0.15) is 12.7 Å². The Balaban J connectivity index is 1.93. The van der Waals surface area contributed by atoms with Gasteiger partial charge in [0.25, 0.3) is 10.2 Å². The fourth-order valence-corrected chi connectivity index (χ4v) is 3.89. The van der Waals surface area contributed by atoms with Gasteiger partial charge in [0.15, 0.2) is 0 Å². The lowest BCUT2D eigenvalue weighted by Gasteiger charge is -2.28. The predicted octanol–water partition coefficient (Wildman–Crippen LogP) is 1.44. The minimum Gasteiger partial charge on any atom is -0.465 e. The number of amides is 1. The molecule has 0 radical (unpaired) electrons. The summed E-state index contributed by atoms with van der Waals surface area (Å²) < 4.78 is 28.6. The van der Waals surface area contributed by atoms with Gasteiger partial charge in [-0.05, 0) is 35.6 Å². The highest BCUT2D eigenvalue weighted by Gasteiger charge is 2.26. The highest BCUT2D eigenvalue weighted by atomic mass is 35.5. The quantitative estimate of drug-likeness (QED) is 0.713. The van der Waals surface area contributed by atoms with Crippen LogP contribution in [0.3, 0.4) is 0 Å². The van der Waals surface area contributed by atoms with Crippen molar-refractivity contribution in [2.24, 2.45) is 5.92 Å². The van der Waals surface area contributed by atoms with Gasteiger partial charge in [-0.25, -0.2) is 9.52 Å². The first-order valence-electron chi connectivity index (χ1n) is 7.27. The lowest BCUT2D eigenvalue weighted by Crippen LogP contribution is -2.45. The normalized spacial score (nSPS) is 16.6. The lowest BCUT2D eigenvalue weighted by atomic mass is 10.0. The third-order valence-corrected chi connectivity index (χ3v) is 5.46. The predicted molar refractivity (Wildman–Crippen MR) is 87.7 cm³/mol. The van der Waals surface area contributed by atoms with Crippen molar-refractivity contribution in [3.63, 3.8) is 0 Å². The zero-order chi connectivity index (χ0) is 17.0. The van der Waals surface area contributed by atoms with E-state index in [1.165, 1.54) is 4.31 Å². The molecule has 0 fully saturated rings. The Hall–Kier alpha value is -1.35. The Bertz CT molecular complexity index is 681. The summed E-state index contributed by atoms with van der Waals surface area (Å²) in [5.74, 6) is -0.142. The molecule has 2 rings (SSSR count). The monoisotopic (exact) mass is 361 g/mol. The molecule has 9 heteroatoms. The van der Waals surface area contributed by atoms with E-state index < -0.39 is 16.3 Å². The van der Waals surface area contributed by atoms with E-state index in [0.29, 0.717) is 24.5 Å². The zero-order valence-corrected chi connectivity index (χ0v) is 14.3. The largest absolute Gasteiger partial charge is 0.465 e. The van der Waals surface area contributed by atoms with E-state index in [4.69, 9.17) is 16.7 Å². The second-order valence-electron chi connectivity index (χ2n) is 5.64. The summed E-state index contributed by atoms with van der Waals surface area (Å²) >= 11 is 5.95. The van der Waals surface area contributed by atoms with Crippen LogP contribution >= 0.6 is 11.6 Å². The average molecular weight is 362 g/mol. The fraction of sp³-hybridized carbons (Fsp3) is 0.500. The molecule has 1 heterocycles. The minimum atomic E-state index is -3.59. The summed E-state index contributed by atoms with van der Waals surface area (Å²) in [6, 6.07) is 5.47. The molecule has 1 atom stereocenters. The molecule has 23 heavy (non-hydrogen) atoms. The van der Waals surface area contributed by atoms with Crippen LogP contribution in [0.4, 0.5) is 4.79 Å². The van der Waals surface area contributed by atoms with Gasteiger partial charge in [0, 0.05) is 31.2 Å². The molecule has 1 aliphatic heterocycles. The van der Waals surface area contributed by atoms with E-state index in [2.05, 4.69) is 10.0 Å². The van der Waals surface area contributed by atoms with Crippen LogP contribution in [-0.4, -0.2) is 43.6 Å². The molecule has 0 saturated heterocycles. The number of hydrogen-bond acceptors (Lipinski definition) is 3. The van der Waals surface area contributed by atoms with Crippen molar-refractivity contribution in [3.05, 3.63) is 34.3 Å². The molecule has 3 N–H and O–H groups in total. The molecule has 1 amide bonds. The summed E-state index contributed by atoms with van der Waals surface area (Å²) in [7, 11) is -3.59. The first-order valence-corrected chi connectivity index (χ1v) is 9.08. The molecule has 1 aromatic rings. The van der Waals surface area contributed by atoms with E-state index in [9.17, 15) is 13.2 Å². The first-order chi connectivity index (χ1) is 10.8. The smallest absolute Gasteiger partial charge is 0.404 e. The maximum atomic E-state index is 12.4. The van der Waals surface area contributed by atoms with Crippen LogP contribution in [0, 0.1) is 5.92 Å². The summed E-state index contributed by atoms with van der Waals surface area (Å²) in [4.78, 5) is 10.4. The van der Waals surface area contributed by atoms with Gasteiger partial charge in [-0.3, -0.25) is 0 Å². The second-order valence-corrected chi connectivity index (χ2v) is 7.83. The molecular weight excluding hydrogens is 342 g/mol. The lowest BCUT2D eigenvalue weighted by molar-refractivity contribution is 0.192. The number of rotatable bonds is 6. The van der Waals surface area contributed by atoms with E-state index in [1.54, 1.807) is 13.0 Å². The van der Waals surface area contributed by atoms with Gasteiger partial charge in [-0.15, -0.1) is 0 Å². The molecule has 0 saturated carbocycles. The van der Waals surface area contributed by atoms with Crippen molar-refractivity contribution in [3.8, 4) is 0 Å². The van der Waals surface area contributed by atoms with E-state index in [0.717, 1.165) is 11.1 Å². The SMILES string of the molecule is C[C@@H](CNC(=O)O)CNS(=O)(=O)N1CCc2cc(Cl)ccc2C1. The zero-order valence-electron chi connectivity index (χ0n) is 12.8. The number of benzene rings is 1. The van der Waals surface area contributed by atoms with Crippen molar-refractivity contribution < 1.29 is 18.3 Å². The van der Waals surface area contributed by atoms with Crippen molar-refractivity contribution >= 4 is 27.9 Å².